The lowest BCUT2D eigenvalue weighted by molar-refractivity contribution is -0.122. The molecule has 3 rings (SSSR count). The topological polar surface area (TPSA) is 56.1 Å². The van der Waals surface area contributed by atoms with Gasteiger partial charge in [-0.3, -0.25) is 4.79 Å². The van der Waals surface area contributed by atoms with E-state index in [0.717, 1.165) is 4.88 Å². The van der Waals surface area contributed by atoms with Crippen LogP contribution in [0.1, 0.15) is 11.8 Å². The third kappa shape index (κ3) is 3.96. The number of rotatable bonds is 6. The summed E-state index contributed by atoms with van der Waals surface area (Å²) in [6, 6.07) is 12.8. The van der Waals surface area contributed by atoms with Crippen LogP contribution >= 0.6 is 22.9 Å². The predicted octanol–water partition coefficient (Wildman–Crippen LogP) is 4.05. The molecule has 1 amide bonds. The van der Waals surface area contributed by atoms with E-state index in [4.69, 9.17) is 16.3 Å². The SMILES string of the molecule is C[C@H](Oc1ccccc1Cl)C(=O)Nc1ccnn1Cc1cccs1. The van der Waals surface area contributed by atoms with Crippen molar-refractivity contribution in [1.82, 2.24) is 9.78 Å². The molecule has 0 spiro atoms. The second-order valence-electron chi connectivity index (χ2n) is 5.13. The highest BCUT2D eigenvalue weighted by atomic mass is 35.5. The third-order valence-corrected chi connectivity index (χ3v) is 4.54. The van der Waals surface area contributed by atoms with Gasteiger partial charge in [-0.25, -0.2) is 4.68 Å². The zero-order valence-corrected chi connectivity index (χ0v) is 14.6. The highest BCUT2D eigenvalue weighted by molar-refractivity contribution is 7.09. The summed E-state index contributed by atoms with van der Waals surface area (Å²) < 4.78 is 7.37. The first-order valence-electron chi connectivity index (χ1n) is 7.40. The Morgan fingerprint density at radius 2 is 2.17 bits per heavy atom. The normalized spacial score (nSPS) is 11.9. The van der Waals surface area contributed by atoms with Gasteiger partial charge in [-0.1, -0.05) is 29.8 Å². The molecule has 2 heterocycles. The molecule has 2 aromatic heterocycles. The number of halogens is 1. The van der Waals surface area contributed by atoms with Crippen LogP contribution in [0.5, 0.6) is 5.75 Å². The van der Waals surface area contributed by atoms with Gasteiger partial charge in [0.15, 0.2) is 6.10 Å². The van der Waals surface area contributed by atoms with Crippen LogP contribution in [0.25, 0.3) is 0 Å². The monoisotopic (exact) mass is 361 g/mol. The number of benzene rings is 1. The van der Waals surface area contributed by atoms with Gasteiger partial charge in [0.25, 0.3) is 5.91 Å². The highest BCUT2D eigenvalue weighted by Crippen LogP contribution is 2.24. The number of hydrogen-bond acceptors (Lipinski definition) is 4. The van der Waals surface area contributed by atoms with Crippen molar-refractivity contribution in [3.8, 4) is 5.75 Å². The molecule has 0 bridgehead atoms. The van der Waals surface area contributed by atoms with Gasteiger partial charge in [0.2, 0.25) is 0 Å². The highest BCUT2D eigenvalue weighted by Gasteiger charge is 2.18. The molecule has 1 aromatic carbocycles. The van der Waals surface area contributed by atoms with Crippen molar-refractivity contribution >= 4 is 34.7 Å². The zero-order chi connectivity index (χ0) is 16.9. The third-order valence-electron chi connectivity index (χ3n) is 3.36. The van der Waals surface area contributed by atoms with Crippen molar-refractivity contribution < 1.29 is 9.53 Å². The summed E-state index contributed by atoms with van der Waals surface area (Å²) in [7, 11) is 0. The molecule has 0 fully saturated rings. The summed E-state index contributed by atoms with van der Waals surface area (Å²) >= 11 is 7.70. The minimum Gasteiger partial charge on any atom is -0.479 e. The molecule has 0 aliphatic heterocycles. The number of carbonyl (C=O) groups excluding carboxylic acids is 1. The number of ether oxygens (including phenoxy) is 1. The lowest BCUT2D eigenvalue weighted by atomic mass is 10.3. The molecule has 24 heavy (non-hydrogen) atoms. The number of amides is 1. The average molecular weight is 362 g/mol. The lowest BCUT2D eigenvalue weighted by Gasteiger charge is -2.16. The maximum Gasteiger partial charge on any atom is 0.266 e. The minimum absolute atomic E-state index is 0.261. The molecule has 0 saturated carbocycles. The largest absolute Gasteiger partial charge is 0.479 e. The van der Waals surface area contributed by atoms with Gasteiger partial charge in [0.1, 0.15) is 11.6 Å². The Bertz CT molecular complexity index is 817. The van der Waals surface area contributed by atoms with Crippen LogP contribution in [0.15, 0.2) is 54.0 Å². The zero-order valence-electron chi connectivity index (χ0n) is 13.0. The molecule has 0 aliphatic carbocycles. The smallest absolute Gasteiger partial charge is 0.266 e. The van der Waals surface area contributed by atoms with Crippen LogP contribution in [-0.2, 0) is 11.3 Å². The Hall–Kier alpha value is -2.31. The molecule has 124 valence electrons. The van der Waals surface area contributed by atoms with E-state index in [1.54, 1.807) is 47.3 Å². The van der Waals surface area contributed by atoms with Gasteiger partial charge in [-0.2, -0.15) is 5.10 Å². The van der Waals surface area contributed by atoms with Crippen LogP contribution in [0.3, 0.4) is 0 Å². The second kappa shape index (κ2) is 7.51. The molecule has 7 heteroatoms. The Labute approximate surface area is 148 Å². The van der Waals surface area contributed by atoms with Crippen LogP contribution in [0.4, 0.5) is 5.82 Å². The lowest BCUT2D eigenvalue weighted by Crippen LogP contribution is -2.31. The fraction of sp³-hybridized carbons (Fsp3) is 0.176. The predicted molar refractivity (Wildman–Crippen MR) is 95.8 cm³/mol. The van der Waals surface area contributed by atoms with Gasteiger partial charge in [0, 0.05) is 10.9 Å². The molecule has 5 nitrogen and oxygen atoms in total. The van der Waals surface area contributed by atoms with Gasteiger partial charge in [-0.15, -0.1) is 11.3 Å². The maximum atomic E-state index is 12.4. The molecule has 0 radical (unpaired) electrons. The van der Waals surface area contributed by atoms with Crippen molar-refractivity contribution in [1.29, 1.82) is 0 Å². The maximum absolute atomic E-state index is 12.4. The van der Waals surface area contributed by atoms with E-state index in [1.165, 1.54) is 0 Å². The first kappa shape index (κ1) is 16.5. The van der Waals surface area contributed by atoms with Crippen molar-refractivity contribution in [3.63, 3.8) is 0 Å². The number of anilines is 1. The van der Waals surface area contributed by atoms with Crippen LogP contribution in [0, 0.1) is 0 Å². The number of aromatic nitrogens is 2. The van der Waals surface area contributed by atoms with Crippen LogP contribution < -0.4 is 10.1 Å². The minimum atomic E-state index is -0.685. The summed E-state index contributed by atoms with van der Waals surface area (Å²) in [4.78, 5) is 13.5. The summed E-state index contributed by atoms with van der Waals surface area (Å²) in [6.45, 7) is 2.29. The van der Waals surface area contributed by atoms with E-state index < -0.39 is 6.10 Å². The standard InChI is InChI=1S/C17H16ClN3O2S/c1-12(23-15-7-3-2-6-14(15)18)17(22)20-16-8-9-19-21(16)11-13-5-4-10-24-13/h2-10,12H,11H2,1H3,(H,20,22)/t12-/m0/s1. The van der Waals surface area contributed by atoms with Crippen molar-refractivity contribution in [2.24, 2.45) is 0 Å². The van der Waals surface area contributed by atoms with Crippen molar-refractivity contribution in [2.45, 2.75) is 19.6 Å². The fourth-order valence-electron chi connectivity index (χ4n) is 2.13. The van der Waals surface area contributed by atoms with Gasteiger partial charge < -0.3 is 10.1 Å². The molecule has 1 N–H and O–H groups in total. The second-order valence-corrected chi connectivity index (χ2v) is 6.57. The van der Waals surface area contributed by atoms with E-state index in [1.807, 2.05) is 29.6 Å². The van der Waals surface area contributed by atoms with E-state index in [2.05, 4.69) is 10.4 Å². The van der Waals surface area contributed by atoms with E-state index in [9.17, 15) is 4.79 Å². The Kier molecular flexibility index (Phi) is 5.17. The Balaban J connectivity index is 1.64. The summed E-state index contributed by atoms with van der Waals surface area (Å²) in [5, 5.41) is 9.57. The van der Waals surface area contributed by atoms with Gasteiger partial charge >= 0.3 is 0 Å². The van der Waals surface area contributed by atoms with E-state index >= 15 is 0 Å². The molecule has 1 atom stereocenters. The molecule has 0 saturated heterocycles. The number of nitrogens with one attached hydrogen (secondary N) is 1. The van der Waals surface area contributed by atoms with Crippen molar-refractivity contribution in [3.05, 3.63) is 63.9 Å². The fourth-order valence-corrected chi connectivity index (χ4v) is 2.99. The first-order valence-corrected chi connectivity index (χ1v) is 8.65. The molecular weight excluding hydrogens is 346 g/mol. The van der Waals surface area contributed by atoms with Crippen molar-refractivity contribution in [2.75, 3.05) is 5.32 Å². The number of nitrogens with zero attached hydrogens (tertiary/aromatic N) is 2. The molecule has 3 aromatic rings. The summed E-state index contributed by atoms with van der Waals surface area (Å²) in [6.07, 6.45) is 0.970. The first-order chi connectivity index (χ1) is 11.6. The van der Waals surface area contributed by atoms with E-state index in [-0.39, 0.29) is 5.91 Å². The number of carbonyl (C=O) groups is 1. The number of thiophene rings is 1. The van der Waals surface area contributed by atoms with Crippen LogP contribution in [0.2, 0.25) is 5.02 Å². The molecule has 0 aliphatic rings. The molecular formula is C17H16ClN3O2S. The van der Waals surface area contributed by atoms with E-state index in [0.29, 0.717) is 23.1 Å². The number of hydrogen-bond donors (Lipinski definition) is 1. The molecule has 0 unspecified atom stereocenters. The Morgan fingerprint density at radius 3 is 2.92 bits per heavy atom. The Morgan fingerprint density at radius 1 is 1.33 bits per heavy atom. The average Bonchev–Trinajstić information content (AvgIpc) is 3.22. The van der Waals surface area contributed by atoms with Gasteiger partial charge in [0.05, 0.1) is 17.8 Å². The quantitative estimate of drug-likeness (QED) is 0.720. The van der Waals surface area contributed by atoms with Gasteiger partial charge in [-0.05, 0) is 30.5 Å². The van der Waals surface area contributed by atoms with Crippen LogP contribution in [-0.4, -0.2) is 21.8 Å². The summed E-state index contributed by atoms with van der Waals surface area (Å²) in [5.74, 6) is 0.847. The summed E-state index contributed by atoms with van der Waals surface area (Å²) in [5.41, 5.74) is 0. The number of para-hydroxylation sites is 1.